The molecule has 1 aromatic rings. The van der Waals surface area contributed by atoms with Gasteiger partial charge in [-0.1, -0.05) is 6.92 Å². The Kier molecular flexibility index (Phi) is 3.46. The van der Waals surface area contributed by atoms with Crippen molar-refractivity contribution in [1.29, 1.82) is 0 Å². The average Bonchev–Trinajstić information content (AvgIpc) is 2.36. The van der Waals surface area contributed by atoms with Crippen LogP contribution in [-0.4, -0.2) is 21.0 Å². The lowest BCUT2D eigenvalue weighted by atomic mass is 9.96. The highest BCUT2D eigenvalue weighted by Gasteiger charge is 2.15. The van der Waals surface area contributed by atoms with Gasteiger partial charge in [0.05, 0.1) is 0 Å². The van der Waals surface area contributed by atoms with Gasteiger partial charge >= 0.3 is 0 Å². The molecular weight excluding hydrogens is 204 g/mol. The van der Waals surface area contributed by atoms with E-state index in [2.05, 4.69) is 20.4 Å². The van der Waals surface area contributed by atoms with Crippen molar-refractivity contribution in [3.63, 3.8) is 0 Å². The second kappa shape index (κ2) is 5.03. The van der Waals surface area contributed by atoms with Crippen LogP contribution in [0, 0.1) is 0 Å². The largest absolute Gasteiger partial charge is 0.290 e. The summed E-state index contributed by atoms with van der Waals surface area (Å²) in [5, 5.41) is 8.87. The standard InChI is InChI=1S/C11H16N4O/c1-2-10(15-16)14-11-8-5-3-4-6-9(8)12-7-13-11/h7,16H,2-6H2,1H3,(H,12,13,14,15). The molecule has 0 amide bonds. The zero-order valence-electron chi connectivity index (χ0n) is 9.40. The lowest BCUT2D eigenvalue weighted by molar-refractivity contribution is 0.232. The van der Waals surface area contributed by atoms with Gasteiger partial charge in [0.15, 0.2) is 5.82 Å². The van der Waals surface area contributed by atoms with Crippen LogP contribution in [0.25, 0.3) is 0 Å². The third-order valence-electron chi connectivity index (χ3n) is 2.81. The van der Waals surface area contributed by atoms with Crippen molar-refractivity contribution in [1.82, 2.24) is 15.4 Å². The fourth-order valence-electron chi connectivity index (χ4n) is 1.91. The number of aliphatic imine (C=N–C) groups is 1. The van der Waals surface area contributed by atoms with E-state index < -0.39 is 0 Å². The van der Waals surface area contributed by atoms with Gasteiger partial charge in [-0.15, -0.1) is 0 Å². The molecule has 0 aliphatic heterocycles. The van der Waals surface area contributed by atoms with Gasteiger partial charge in [-0.2, -0.15) is 0 Å². The molecule has 1 aliphatic rings. The lowest BCUT2D eigenvalue weighted by Gasteiger charge is -2.15. The maximum atomic E-state index is 8.87. The molecule has 1 heterocycles. The molecule has 5 nitrogen and oxygen atoms in total. The van der Waals surface area contributed by atoms with E-state index in [9.17, 15) is 0 Å². The summed E-state index contributed by atoms with van der Waals surface area (Å²) >= 11 is 0. The molecule has 0 atom stereocenters. The Morgan fingerprint density at radius 1 is 1.44 bits per heavy atom. The molecule has 1 aliphatic carbocycles. The van der Waals surface area contributed by atoms with Crippen molar-refractivity contribution in [2.24, 2.45) is 4.99 Å². The number of rotatable bonds is 2. The Hall–Kier alpha value is -1.49. The molecule has 0 unspecified atom stereocenters. The number of hydrogen-bond acceptors (Lipinski definition) is 4. The molecule has 2 rings (SSSR count). The van der Waals surface area contributed by atoms with Gasteiger partial charge in [0, 0.05) is 17.7 Å². The molecule has 1 aromatic heterocycles. The van der Waals surface area contributed by atoms with Crippen molar-refractivity contribution < 1.29 is 5.21 Å². The van der Waals surface area contributed by atoms with Crippen molar-refractivity contribution >= 4 is 11.7 Å². The summed E-state index contributed by atoms with van der Waals surface area (Å²) in [7, 11) is 0. The molecule has 2 N–H and O–H groups in total. The van der Waals surface area contributed by atoms with Crippen molar-refractivity contribution in [3.05, 3.63) is 17.6 Å². The fraction of sp³-hybridized carbons (Fsp3) is 0.545. The highest BCUT2D eigenvalue weighted by Crippen LogP contribution is 2.26. The molecule has 0 radical (unpaired) electrons. The summed E-state index contributed by atoms with van der Waals surface area (Å²) in [6.07, 6.45) is 6.54. The van der Waals surface area contributed by atoms with Gasteiger partial charge in [0.1, 0.15) is 12.2 Å². The first-order chi connectivity index (χ1) is 7.85. The molecule has 0 saturated heterocycles. The van der Waals surface area contributed by atoms with Crippen molar-refractivity contribution in [3.8, 4) is 0 Å². The van der Waals surface area contributed by atoms with Crippen molar-refractivity contribution in [2.45, 2.75) is 39.0 Å². The monoisotopic (exact) mass is 220 g/mol. The topological polar surface area (TPSA) is 70.4 Å². The lowest BCUT2D eigenvalue weighted by Crippen LogP contribution is -2.18. The maximum absolute atomic E-state index is 8.87. The van der Waals surface area contributed by atoms with E-state index in [4.69, 9.17) is 5.21 Å². The van der Waals surface area contributed by atoms with Crippen LogP contribution in [0.4, 0.5) is 5.82 Å². The van der Waals surface area contributed by atoms with Crippen LogP contribution in [0.5, 0.6) is 0 Å². The second-order valence-electron chi connectivity index (χ2n) is 3.85. The SMILES string of the molecule is CCC(=Nc1ncnc2c1CCCC2)NO. The first-order valence-corrected chi connectivity index (χ1v) is 5.65. The normalized spacial score (nSPS) is 15.8. The molecule has 0 bridgehead atoms. The predicted octanol–water partition coefficient (Wildman–Crippen LogP) is 1.77. The fourth-order valence-corrected chi connectivity index (χ4v) is 1.91. The Bertz CT molecular complexity index is 397. The molecule has 0 aromatic carbocycles. The minimum atomic E-state index is 0.534. The van der Waals surface area contributed by atoms with Crippen LogP contribution >= 0.6 is 0 Å². The zero-order valence-corrected chi connectivity index (χ0v) is 9.40. The van der Waals surface area contributed by atoms with Gasteiger partial charge in [-0.25, -0.2) is 15.0 Å². The summed E-state index contributed by atoms with van der Waals surface area (Å²) in [5.41, 5.74) is 4.34. The van der Waals surface area contributed by atoms with Crippen LogP contribution in [-0.2, 0) is 12.8 Å². The smallest absolute Gasteiger partial charge is 0.160 e. The number of nitrogens with zero attached hydrogens (tertiary/aromatic N) is 3. The van der Waals surface area contributed by atoms with Crippen LogP contribution in [0.15, 0.2) is 11.3 Å². The second-order valence-corrected chi connectivity index (χ2v) is 3.85. The maximum Gasteiger partial charge on any atom is 0.160 e. The Labute approximate surface area is 94.6 Å². The summed E-state index contributed by atoms with van der Waals surface area (Å²) in [5.74, 6) is 1.23. The Balaban J connectivity index is 2.37. The number of fused-ring (bicyclic) bond motifs is 1. The van der Waals surface area contributed by atoms with Gasteiger partial charge < -0.3 is 0 Å². The Morgan fingerprint density at radius 2 is 2.25 bits per heavy atom. The zero-order chi connectivity index (χ0) is 11.4. The minimum absolute atomic E-state index is 0.534. The number of nitrogens with one attached hydrogen (secondary N) is 1. The summed E-state index contributed by atoms with van der Waals surface area (Å²) < 4.78 is 0. The number of hydrogen-bond donors (Lipinski definition) is 2. The number of aromatic nitrogens is 2. The highest BCUT2D eigenvalue weighted by molar-refractivity contribution is 5.83. The average molecular weight is 220 g/mol. The molecule has 16 heavy (non-hydrogen) atoms. The number of hydroxylamine groups is 1. The number of amidine groups is 1. The third kappa shape index (κ3) is 2.19. The first kappa shape index (κ1) is 11.0. The Morgan fingerprint density at radius 3 is 3.00 bits per heavy atom. The van der Waals surface area contributed by atoms with E-state index in [0.29, 0.717) is 18.1 Å². The summed E-state index contributed by atoms with van der Waals surface area (Å²) in [4.78, 5) is 12.8. The van der Waals surface area contributed by atoms with Crippen LogP contribution in [0.1, 0.15) is 37.4 Å². The highest BCUT2D eigenvalue weighted by atomic mass is 16.5. The molecule has 0 fully saturated rings. The first-order valence-electron chi connectivity index (χ1n) is 5.65. The molecular formula is C11H16N4O. The molecule has 86 valence electrons. The van der Waals surface area contributed by atoms with Crippen LogP contribution < -0.4 is 5.48 Å². The van der Waals surface area contributed by atoms with E-state index in [1.165, 1.54) is 6.42 Å². The third-order valence-corrected chi connectivity index (χ3v) is 2.81. The minimum Gasteiger partial charge on any atom is -0.290 e. The van der Waals surface area contributed by atoms with E-state index in [-0.39, 0.29) is 0 Å². The quantitative estimate of drug-likeness (QED) is 0.453. The molecule has 5 heteroatoms. The van der Waals surface area contributed by atoms with Crippen molar-refractivity contribution in [2.75, 3.05) is 0 Å². The van der Waals surface area contributed by atoms with E-state index >= 15 is 0 Å². The summed E-state index contributed by atoms with van der Waals surface area (Å²) in [6, 6.07) is 0. The van der Waals surface area contributed by atoms with Crippen LogP contribution in [0.2, 0.25) is 0 Å². The van der Waals surface area contributed by atoms with E-state index in [1.54, 1.807) is 6.33 Å². The van der Waals surface area contributed by atoms with Crippen LogP contribution in [0.3, 0.4) is 0 Å². The number of aryl methyl sites for hydroxylation is 1. The van der Waals surface area contributed by atoms with Gasteiger partial charge in [-0.3, -0.25) is 10.7 Å². The summed E-state index contributed by atoms with van der Waals surface area (Å²) in [6.45, 7) is 1.93. The molecule has 0 spiro atoms. The van der Waals surface area contributed by atoms with Gasteiger partial charge in [0.25, 0.3) is 0 Å². The molecule has 0 saturated carbocycles. The van der Waals surface area contributed by atoms with Gasteiger partial charge in [0.2, 0.25) is 0 Å². The van der Waals surface area contributed by atoms with E-state index in [0.717, 1.165) is 30.5 Å². The van der Waals surface area contributed by atoms with E-state index in [1.807, 2.05) is 6.92 Å². The van der Waals surface area contributed by atoms with Gasteiger partial charge in [-0.05, 0) is 25.7 Å². The predicted molar refractivity (Wildman–Crippen MR) is 61.0 cm³/mol.